The minimum Gasteiger partial charge on any atom is -0.444 e. The van der Waals surface area contributed by atoms with Gasteiger partial charge in [-0.2, -0.15) is 5.10 Å². The number of hydrogen-bond donors (Lipinski definition) is 1. The predicted molar refractivity (Wildman–Crippen MR) is 122 cm³/mol. The Morgan fingerprint density at radius 1 is 1.14 bits per heavy atom. The molecule has 1 saturated heterocycles. The van der Waals surface area contributed by atoms with Crippen molar-refractivity contribution in [3.05, 3.63) is 42.2 Å². The van der Waals surface area contributed by atoms with E-state index in [-0.39, 0.29) is 18.4 Å². The van der Waals surface area contributed by atoms with E-state index in [4.69, 9.17) is 9.47 Å². The maximum Gasteiger partial charge on any atom is 0.573 e. The number of alkyl carbamates (subject to hydrolysis) is 1. The number of methoxy groups -OCH3 is 1. The van der Waals surface area contributed by atoms with Crippen molar-refractivity contribution in [1.82, 2.24) is 20.1 Å². The molecule has 1 aliphatic heterocycles. The Balaban J connectivity index is 1.69. The fraction of sp³-hybridized carbons (Fsp3) is 0.435. The first-order valence-electron chi connectivity index (χ1n) is 10.9. The van der Waals surface area contributed by atoms with Crippen LogP contribution >= 0.6 is 0 Å². The zero-order valence-electron chi connectivity index (χ0n) is 19.7. The molecule has 0 atom stereocenters. The number of anilines is 1. The second-order valence-corrected chi connectivity index (χ2v) is 9.05. The minimum absolute atomic E-state index is 0.0634. The Kier molecular flexibility index (Phi) is 6.50. The number of alkyl halides is 3. The van der Waals surface area contributed by atoms with Crippen molar-refractivity contribution in [1.29, 1.82) is 0 Å². The highest BCUT2D eigenvalue weighted by molar-refractivity contribution is 5.93. The van der Waals surface area contributed by atoms with Gasteiger partial charge in [0.2, 0.25) is 0 Å². The van der Waals surface area contributed by atoms with Crippen molar-refractivity contribution in [3.8, 4) is 11.4 Å². The maximum atomic E-state index is 12.5. The van der Waals surface area contributed by atoms with E-state index in [1.165, 1.54) is 28.9 Å². The van der Waals surface area contributed by atoms with E-state index in [0.717, 1.165) is 5.69 Å². The van der Waals surface area contributed by atoms with Crippen molar-refractivity contribution in [3.63, 3.8) is 0 Å². The van der Waals surface area contributed by atoms with E-state index >= 15 is 0 Å². The second-order valence-electron chi connectivity index (χ2n) is 9.05. The Morgan fingerprint density at radius 2 is 1.83 bits per heavy atom. The lowest BCUT2D eigenvalue weighted by Gasteiger charge is -2.40. The molecular formula is C23H26F3N5O4. The van der Waals surface area contributed by atoms with Gasteiger partial charge in [-0.25, -0.2) is 14.5 Å². The van der Waals surface area contributed by atoms with Crippen LogP contribution in [0.25, 0.3) is 16.7 Å². The Morgan fingerprint density at radius 3 is 2.43 bits per heavy atom. The molecule has 0 unspecified atom stereocenters. The van der Waals surface area contributed by atoms with Gasteiger partial charge in [-0.05, 0) is 51.1 Å². The number of pyridine rings is 1. The van der Waals surface area contributed by atoms with Crippen molar-refractivity contribution >= 4 is 22.8 Å². The number of halogens is 3. The van der Waals surface area contributed by atoms with Crippen LogP contribution in [0.3, 0.4) is 0 Å². The molecule has 0 radical (unpaired) electrons. The van der Waals surface area contributed by atoms with E-state index in [0.29, 0.717) is 35.5 Å². The number of carbonyl (C=O) groups is 1. The molecule has 1 aliphatic rings. The second kappa shape index (κ2) is 9.25. The topological polar surface area (TPSA) is 90.7 Å². The summed E-state index contributed by atoms with van der Waals surface area (Å²) in [7, 11) is 1.66. The zero-order chi connectivity index (χ0) is 25.4. The van der Waals surface area contributed by atoms with Crippen LogP contribution in [0.15, 0.2) is 36.5 Å². The van der Waals surface area contributed by atoms with Crippen LogP contribution in [0.2, 0.25) is 0 Å². The number of amides is 1. The fourth-order valence-corrected chi connectivity index (χ4v) is 3.71. The number of benzene rings is 1. The molecular weight excluding hydrogens is 467 g/mol. The molecule has 3 heterocycles. The third-order valence-corrected chi connectivity index (χ3v) is 5.25. The minimum atomic E-state index is -4.78. The smallest absolute Gasteiger partial charge is 0.444 e. The third-order valence-electron chi connectivity index (χ3n) is 5.25. The molecule has 0 bridgehead atoms. The van der Waals surface area contributed by atoms with Gasteiger partial charge in [0.1, 0.15) is 11.4 Å². The molecule has 1 aromatic carbocycles. The standard InChI is InChI=1S/C23H26F3N5O4/c1-22(2,3)35-21(32)28-11-17-19-18(30-12-16(13-30)33-4)9-10-27-20(19)31(29-17)14-5-7-15(8-6-14)34-23(24,25)26/h5-10,16H,11-13H2,1-4H3,(H,28,32). The number of rotatable bonds is 6. The molecule has 3 aromatic rings. The number of nitrogens with one attached hydrogen (secondary N) is 1. The molecule has 188 valence electrons. The highest BCUT2D eigenvalue weighted by Crippen LogP contribution is 2.33. The SMILES string of the molecule is COC1CN(c2ccnc3c2c(CNC(=O)OC(C)(C)C)nn3-c2ccc(OC(F)(F)F)cc2)C1. The molecule has 0 spiro atoms. The average molecular weight is 493 g/mol. The molecule has 2 aromatic heterocycles. The Bertz CT molecular complexity index is 1200. The number of fused-ring (bicyclic) bond motifs is 1. The first-order valence-corrected chi connectivity index (χ1v) is 10.9. The summed E-state index contributed by atoms with van der Waals surface area (Å²) in [5.41, 5.74) is 1.72. The number of hydrogen-bond acceptors (Lipinski definition) is 7. The van der Waals surface area contributed by atoms with Crippen LogP contribution in [0.1, 0.15) is 26.5 Å². The van der Waals surface area contributed by atoms with E-state index in [1.54, 1.807) is 34.1 Å². The quantitative estimate of drug-likeness (QED) is 0.551. The largest absolute Gasteiger partial charge is 0.573 e. The Labute approximate surface area is 199 Å². The van der Waals surface area contributed by atoms with Gasteiger partial charge in [-0.15, -0.1) is 13.2 Å². The van der Waals surface area contributed by atoms with Crippen LogP contribution in [0.5, 0.6) is 5.75 Å². The summed E-state index contributed by atoms with van der Waals surface area (Å²) < 4.78 is 53.8. The van der Waals surface area contributed by atoms with Gasteiger partial charge in [-0.3, -0.25) is 0 Å². The molecule has 0 saturated carbocycles. The summed E-state index contributed by atoms with van der Waals surface area (Å²) in [6.45, 7) is 6.73. The number of ether oxygens (including phenoxy) is 3. The molecule has 12 heteroatoms. The molecule has 1 N–H and O–H groups in total. The zero-order valence-corrected chi connectivity index (χ0v) is 19.7. The first-order chi connectivity index (χ1) is 16.4. The summed E-state index contributed by atoms with van der Waals surface area (Å²) >= 11 is 0. The van der Waals surface area contributed by atoms with Gasteiger partial charge < -0.3 is 24.4 Å². The summed E-state index contributed by atoms with van der Waals surface area (Å²) in [6.07, 6.45) is -3.63. The summed E-state index contributed by atoms with van der Waals surface area (Å²) in [6, 6.07) is 7.18. The molecule has 35 heavy (non-hydrogen) atoms. The van der Waals surface area contributed by atoms with Crippen molar-refractivity contribution in [2.45, 2.75) is 45.4 Å². The van der Waals surface area contributed by atoms with Crippen LogP contribution in [0, 0.1) is 0 Å². The monoisotopic (exact) mass is 493 g/mol. The van der Waals surface area contributed by atoms with Gasteiger partial charge in [0.15, 0.2) is 5.65 Å². The average Bonchev–Trinajstić information content (AvgIpc) is 3.09. The van der Waals surface area contributed by atoms with E-state index in [2.05, 4.69) is 25.0 Å². The van der Waals surface area contributed by atoms with E-state index < -0.39 is 18.1 Å². The van der Waals surface area contributed by atoms with Crippen LogP contribution in [-0.4, -0.2) is 59.1 Å². The van der Waals surface area contributed by atoms with E-state index in [9.17, 15) is 18.0 Å². The maximum absolute atomic E-state index is 12.5. The van der Waals surface area contributed by atoms with E-state index in [1.807, 2.05) is 6.07 Å². The van der Waals surface area contributed by atoms with Crippen molar-refractivity contribution in [2.75, 3.05) is 25.1 Å². The number of carbonyl (C=O) groups excluding carboxylic acids is 1. The molecule has 0 aliphatic carbocycles. The normalized spacial score (nSPS) is 14.7. The summed E-state index contributed by atoms with van der Waals surface area (Å²) in [5, 5.41) is 8.07. The van der Waals surface area contributed by atoms with Crippen LogP contribution < -0.4 is 15.0 Å². The van der Waals surface area contributed by atoms with Gasteiger partial charge in [0, 0.05) is 26.4 Å². The third kappa shape index (κ3) is 5.76. The fourth-order valence-electron chi connectivity index (χ4n) is 3.71. The van der Waals surface area contributed by atoms with Crippen molar-refractivity contribution < 1.29 is 32.2 Å². The van der Waals surface area contributed by atoms with Crippen LogP contribution in [-0.2, 0) is 16.0 Å². The van der Waals surface area contributed by atoms with Gasteiger partial charge >= 0.3 is 12.5 Å². The highest BCUT2D eigenvalue weighted by atomic mass is 19.4. The molecule has 9 nitrogen and oxygen atoms in total. The lowest BCUT2D eigenvalue weighted by molar-refractivity contribution is -0.274. The van der Waals surface area contributed by atoms with Gasteiger partial charge in [-0.1, -0.05) is 0 Å². The summed E-state index contributed by atoms with van der Waals surface area (Å²) in [5.74, 6) is -0.343. The number of nitrogens with zero attached hydrogens (tertiary/aromatic N) is 4. The van der Waals surface area contributed by atoms with Gasteiger partial charge in [0.05, 0.1) is 35.1 Å². The van der Waals surface area contributed by atoms with Crippen LogP contribution in [0.4, 0.5) is 23.7 Å². The first kappa shape index (κ1) is 24.6. The number of aromatic nitrogens is 3. The lowest BCUT2D eigenvalue weighted by Crippen LogP contribution is -2.52. The van der Waals surface area contributed by atoms with Crippen molar-refractivity contribution in [2.24, 2.45) is 0 Å². The molecule has 1 fully saturated rings. The Hall–Kier alpha value is -3.54. The predicted octanol–water partition coefficient (Wildman–Crippen LogP) is 4.18. The summed E-state index contributed by atoms with van der Waals surface area (Å²) in [4.78, 5) is 18.8. The lowest BCUT2D eigenvalue weighted by atomic mass is 10.1. The molecule has 1 amide bonds. The van der Waals surface area contributed by atoms with Gasteiger partial charge in [0.25, 0.3) is 0 Å². The molecule has 4 rings (SSSR count). The highest BCUT2D eigenvalue weighted by Gasteiger charge is 2.32.